The Labute approximate surface area is 105 Å². The lowest BCUT2D eigenvalue weighted by Crippen LogP contribution is -2.38. The number of likely N-dealkylation sites (tertiary alicyclic amines) is 1. The molecule has 1 aromatic rings. The molecule has 0 bridgehead atoms. The van der Waals surface area contributed by atoms with Gasteiger partial charge in [-0.05, 0) is 30.5 Å². The van der Waals surface area contributed by atoms with E-state index in [1.54, 1.807) is 12.4 Å². The number of carbonyl (C=O) groups is 1. The molecule has 5 nitrogen and oxygen atoms in total. The number of carbonyl (C=O) groups excluding carboxylic acids is 1. The van der Waals surface area contributed by atoms with Crippen LogP contribution in [0.5, 0.6) is 0 Å². The summed E-state index contributed by atoms with van der Waals surface area (Å²) >= 11 is 0. The molecule has 0 aliphatic carbocycles. The Balaban J connectivity index is 1.78. The van der Waals surface area contributed by atoms with E-state index >= 15 is 0 Å². The first-order valence-electron chi connectivity index (χ1n) is 6.22. The van der Waals surface area contributed by atoms with E-state index in [0.29, 0.717) is 0 Å². The molecule has 18 heavy (non-hydrogen) atoms. The Kier molecular flexibility index (Phi) is 2.96. The summed E-state index contributed by atoms with van der Waals surface area (Å²) in [5, 5.41) is 0. The van der Waals surface area contributed by atoms with Crippen LogP contribution in [0.15, 0.2) is 29.5 Å². The van der Waals surface area contributed by atoms with Gasteiger partial charge in [0.25, 0.3) is 5.91 Å². The number of pyridine rings is 1. The van der Waals surface area contributed by atoms with Crippen LogP contribution in [-0.4, -0.2) is 41.3 Å². The summed E-state index contributed by atoms with van der Waals surface area (Å²) in [6.45, 7) is 1.68. The van der Waals surface area contributed by atoms with Crippen LogP contribution in [0.25, 0.3) is 0 Å². The van der Waals surface area contributed by atoms with Crippen LogP contribution in [-0.2, 0) is 9.53 Å². The van der Waals surface area contributed by atoms with Crippen molar-refractivity contribution >= 4 is 12.3 Å². The molecular weight excluding hydrogens is 230 g/mol. The molecule has 0 saturated carbocycles. The van der Waals surface area contributed by atoms with Crippen molar-refractivity contribution in [3.8, 4) is 0 Å². The molecule has 0 N–H and O–H groups in total. The summed E-state index contributed by atoms with van der Waals surface area (Å²) in [5.41, 5.74) is 0.944. The van der Waals surface area contributed by atoms with Crippen LogP contribution in [0.1, 0.15) is 24.5 Å². The van der Waals surface area contributed by atoms with E-state index in [-0.39, 0.29) is 12.0 Å². The van der Waals surface area contributed by atoms with Gasteiger partial charge in [0, 0.05) is 25.5 Å². The molecule has 2 unspecified atom stereocenters. The molecule has 94 valence electrons. The Morgan fingerprint density at radius 2 is 2.00 bits per heavy atom. The predicted octanol–water partition coefficient (Wildman–Crippen LogP) is 1.17. The average Bonchev–Trinajstić information content (AvgIpc) is 3.10. The van der Waals surface area contributed by atoms with E-state index < -0.39 is 6.04 Å². The Hall–Kier alpha value is -1.91. The van der Waals surface area contributed by atoms with Crippen molar-refractivity contribution in [3.05, 3.63) is 30.1 Å². The number of hydrogen-bond donors (Lipinski definition) is 0. The topological polar surface area (TPSA) is 54.8 Å². The highest BCUT2D eigenvalue weighted by Crippen LogP contribution is 2.28. The molecule has 3 heterocycles. The second kappa shape index (κ2) is 4.76. The first-order valence-corrected chi connectivity index (χ1v) is 6.22. The summed E-state index contributed by atoms with van der Waals surface area (Å²) in [4.78, 5) is 22.4. The lowest BCUT2D eigenvalue weighted by molar-refractivity contribution is -0.133. The smallest absolute Gasteiger partial charge is 0.251 e. The first-order chi connectivity index (χ1) is 8.86. The van der Waals surface area contributed by atoms with Gasteiger partial charge in [-0.3, -0.25) is 9.78 Å². The van der Waals surface area contributed by atoms with E-state index in [0.717, 1.165) is 31.5 Å². The SMILES string of the molecule is O=C(C1N=COC1c1ccncc1)N1CCCC1. The van der Waals surface area contributed by atoms with Crippen LogP contribution in [0.4, 0.5) is 0 Å². The van der Waals surface area contributed by atoms with Crippen molar-refractivity contribution in [3.63, 3.8) is 0 Å². The summed E-state index contributed by atoms with van der Waals surface area (Å²) in [6.07, 6.45) is 6.67. The van der Waals surface area contributed by atoms with Crippen LogP contribution in [0, 0.1) is 0 Å². The highest BCUT2D eigenvalue weighted by atomic mass is 16.5. The zero-order valence-corrected chi connectivity index (χ0v) is 10.0. The summed E-state index contributed by atoms with van der Waals surface area (Å²) in [6, 6.07) is 3.29. The van der Waals surface area contributed by atoms with Crippen molar-refractivity contribution in [2.45, 2.75) is 25.0 Å². The van der Waals surface area contributed by atoms with E-state index in [9.17, 15) is 4.79 Å². The number of ether oxygens (including phenoxy) is 1. The fourth-order valence-corrected chi connectivity index (χ4v) is 2.45. The summed E-state index contributed by atoms with van der Waals surface area (Å²) < 4.78 is 5.47. The van der Waals surface area contributed by atoms with Gasteiger partial charge in [0.15, 0.2) is 18.5 Å². The minimum atomic E-state index is -0.439. The Bertz CT molecular complexity index is 455. The number of aromatic nitrogens is 1. The van der Waals surface area contributed by atoms with Gasteiger partial charge in [-0.2, -0.15) is 0 Å². The largest absolute Gasteiger partial charge is 0.473 e. The second-order valence-electron chi connectivity index (χ2n) is 4.57. The van der Waals surface area contributed by atoms with Gasteiger partial charge < -0.3 is 9.64 Å². The molecule has 0 spiro atoms. The van der Waals surface area contributed by atoms with E-state index in [2.05, 4.69) is 9.98 Å². The molecule has 5 heteroatoms. The van der Waals surface area contributed by atoms with Gasteiger partial charge in [-0.25, -0.2) is 4.99 Å². The summed E-state index contributed by atoms with van der Waals surface area (Å²) in [7, 11) is 0. The lowest BCUT2D eigenvalue weighted by atomic mass is 10.0. The third-order valence-corrected chi connectivity index (χ3v) is 3.42. The highest BCUT2D eigenvalue weighted by Gasteiger charge is 2.37. The Morgan fingerprint density at radius 1 is 1.28 bits per heavy atom. The fraction of sp³-hybridized carbons (Fsp3) is 0.462. The normalized spacial score (nSPS) is 26.3. The molecule has 1 aromatic heterocycles. The standard InChI is InChI=1S/C13H15N3O2/c17-13(16-7-1-2-8-16)11-12(18-9-15-11)10-3-5-14-6-4-10/h3-6,9,11-12H,1-2,7-8H2. The Morgan fingerprint density at radius 3 is 2.72 bits per heavy atom. The molecular formula is C13H15N3O2. The maximum Gasteiger partial charge on any atom is 0.251 e. The second-order valence-corrected chi connectivity index (χ2v) is 4.57. The molecule has 2 aliphatic heterocycles. The van der Waals surface area contributed by atoms with Gasteiger partial charge in [0.2, 0.25) is 0 Å². The van der Waals surface area contributed by atoms with Crippen molar-refractivity contribution in [1.82, 2.24) is 9.88 Å². The molecule has 1 amide bonds. The number of aliphatic imine (C=N–C) groups is 1. The first kappa shape index (κ1) is 11.2. The molecule has 3 rings (SSSR count). The van der Waals surface area contributed by atoms with Gasteiger partial charge in [-0.15, -0.1) is 0 Å². The minimum Gasteiger partial charge on any atom is -0.473 e. The van der Waals surface area contributed by atoms with E-state index in [4.69, 9.17) is 4.74 Å². The third-order valence-electron chi connectivity index (χ3n) is 3.42. The van der Waals surface area contributed by atoms with Gasteiger partial charge >= 0.3 is 0 Å². The maximum atomic E-state index is 12.3. The zero-order chi connectivity index (χ0) is 12.4. The summed E-state index contributed by atoms with van der Waals surface area (Å²) in [5.74, 6) is 0.0723. The van der Waals surface area contributed by atoms with E-state index in [1.165, 1.54) is 6.40 Å². The zero-order valence-electron chi connectivity index (χ0n) is 10.0. The number of rotatable bonds is 2. The predicted molar refractivity (Wildman–Crippen MR) is 66.2 cm³/mol. The number of nitrogens with zero attached hydrogens (tertiary/aromatic N) is 3. The highest BCUT2D eigenvalue weighted by molar-refractivity contribution is 5.85. The van der Waals surface area contributed by atoms with Crippen molar-refractivity contribution in [1.29, 1.82) is 0 Å². The van der Waals surface area contributed by atoms with Gasteiger partial charge in [-0.1, -0.05) is 0 Å². The third kappa shape index (κ3) is 1.96. The quantitative estimate of drug-likeness (QED) is 0.786. The molecule has 2 atom stereocenters. The monoisotopic (exact) mass is 245 g/mol. The van der Waals surface area contributed by atoms with Crippen molar-refractivity contribution < 1.29 is 9.53 Å². The molecule has 1 fully saturated rings. The molecule has 0 radical (unpaired) electrons. The minimum absolute atomic E-state index is 0.0723. The van der Waals surface area contributed by atoms with Gasteiger partial charge in [0.05, 0.1) is 0 Å². The lowest BCUT2D eigenvalue weighted by Gasteiger charge is -2.22. The fourth-order valence-electron chi connectivity index (χ4n) is 2.45. The van der Waals surface area contributed by atoms with Crippen molar-refractivity contribution in [2.75, 3.05) is 13.1 Å². The molecule has 0 aromatic carbocycles. The number of amides is 1. The van der Waals surface area contributed by atoms with Crippen molar-refractivity contribution in [2.24, 2.45) is 4.99 Å². The van der Waals surface area contributed by atoms with Crippen LogP contribution < -0.4 is 0 Å². The maximum absolute atomic E-state index is 12.3. The van der Waals surface area contributed by atoms with Crippen LogP contribution in [0.2, 0.25) is 0 Å². The molecule has 1 saturated heterocycles. The number of hydrogen-bond acceptors (Lipinski definition) is 4. The van der Waals surface area contributed by atoms with Gasteiger partial charge in [0.1, 0.15) is 0 Å². The van der Waals surface area contributed by atoms with E-state index in [1.807, 2.05) is 17.0 Å². The molecule has 2 aliphatic rings. The van der Waals surface area contributed by atoms with Crippen LogP contribution in [0.3, 0.4) is 0 Å². The van der Waals surface area contributed by atoms with Crippen LogP contribution >= 0.6 is 0 Å². The average molecular weight is 245 g/mol.